The van der Waals surface area contributed by atoms with Gasteiger partial charge in [0.2, 0.25) is 0 Å². The first-order valence-corrected chi connectivity index (χ1v) is 5.64. The number of fused-ring (bicyclic) bond motifs is 1. The van der Waals surface area contributed by atoms with Gasteiger partial charge >= 0.3 is 0 Å². The molecule has 0 heterocycles. The van der Waals surface area contributed by atoms with Gasteiger partial charge in [0.15, 0.2) is 0 Å². The first-order valence-electron chi connectivity index (χ1n) is 5.64. The summed E-state index contributed by atoms with van der Waals surface area (Å²) in [6.07, 6.45) is 2.32. The van der Waals surface area contributed by atoms with E-state index in [2.05, 4.69) is 25.1 Å². The molecular formula is C13H19NO. The van der Waals surface area contributed by atoms with Crippen molar-refractivity contribution in [3.8, 4) is 5.75 Å². The van der Waals surface area contributed by atoms with Crippen LogP contribution in [-0.4, -0.2) is 13.7 Å². The molecule has 0 saturated heterocycles. The van der Waals surface area contributed by atoms with Gasteiger partial charge in [-0.05, 0) is 54.5 Å². The van der Waals surface area contributed by atoms with E-state index in [9.17, 15) is 0 Å². The van der Waals surface area contributed by atoms with E-state index in [1.54, 1.807) is 7.11 Å². The highest BCUT2D eigenvalue weighted by Gasteiger charge is 2.27. The summed E-state index contributed by atoms with van der Waals surface area (Å²) in [6, 6.07) is 6.44. The summed E-state index contributed by atoms with van der Waals surface area (Å²) < 4.78 is 5.27. The number of hydrogen-bond acceptors (Lipinski definition) is 2. The van der Waals surface area contributed by atoms with Crippen LogP contribution < -0.4 is 10.5 Å². The molecule has 1 aromatic carbocycles. The molecule has 2 unspecified atom stereocenters. The van der Waals surface area contributed by atoms with Crippen LogP contribution in [0.5, 0.6) is 5.75 Å². The van der Waals surface area contributed by atoms with Crippen molar-refractivity contribution in [2.45, 2.75) is 31.6 Å². The Balaban J connectivity index is 2.34. The summed E-state index contributed by atoms with van der Waals surface area (Å²) in [5.41, 5.74) is 8.58. The highest BCUT2D eigenvalue weighted by Crippen LogP contribution is 2.44. The minimum atomic E-state index is 0.634. The van der Waals surface area contributed by atoms with Gasteiger partial charge in [-0.1, -0.05) is 13.0 Å². The van der Waals surface area contributed by atoms with Gasteiger partial charge in [-0.3, -0.25) is 0 Å². The smallest absolute Gasteiger partial charge is 0.119 e. The monoisotopic (exact) mass is 205 g/mol. The van der Waals surface area contributed by atoms with Crippen LogP contribution in [0, 0.1) is 0 Å². The van der Waals surface area contributed by atoms with Crippen LogP contribution in [0.4, 0.5) is 0 Å². The summed E-state index contributed by atoms with van der Waals surface area (Å²) in [7, 11) is 1.72. The normalized spacial score (nSPS) is 23.9. The number of hydrogen-bond donors (Lipinski definition) is 1. The zero-order valence-electron chi connectivity index (χ0n) is 9.49. The number of ether oxygens (including phenoxy) is 1. The summed E-state index contributed by atoms with van der Waals surface area (Å²) in [5, 5.41) is 0. The Morgan fingerprint density at radius 2 is 2.20 bits per heavy atom. The second-order valence-electron chi connectivity index (χ2n) is 4.41. The van der Waals surface area contributed by atoms with Crippen molar-refractivity contribution in [2.75, 3.05) is 13.7 Å². The fraction of sp³-hybridized carbons (Fsp3) is 0.538. The molecule has 1 aliphatic carbocycles. The van der Waals surface area contributed by atoms with Gasteiger partial charge in [0.05, 0.1) is 7.11 Å². The predicted octanol–water partition coefficient (Wildman–Crippen LogP) is 2.63. The van der Waals surface area contributed by atoms with E-state index in [0.717, 1.165) is 18.7 Å². The average Bonchev–Trinajstić information content (AvgIpc) is 2.56. The van der Waals surface area contributed by atoms with Crippen molar-refractivity contribution >= 4 is 0 Å². The van der Waals surface area contributed by atoms with Gasteiger partial charge < -0.3 is 10.5 Å². The van der Waals surface area contributed by atoms with Gasteiger partial charge in [0, 0.05) is 0 Å². The lowest BCUT2D eigenvalue weighted by Gasteiger charge is -2.10. The highest BCUT2D eigenvalue weighted by atomic mass is 16.5. The molecule has 0 bridgehead atoms. The summed E-state index contributed by atoms with van der Waals surface area (Å²) in [5.74, 6) is 2.27. The van der Waals surface area contributed by atoms with Crippen LogP contribution in [0.2, 0.25) is 0 Å². The van der Waals surface area contributed by atoms with Crippen molar-refractivity contribution in [1.82, 2.24) is 0 Å². The Hall–Kier alpha value is -1.02. The van der Waals surface area contributed by atoms with Crippen molar-refractivity contribution in [3.63, 3.8) is 0 Å². The molecule has 82 valence electrons. The van der Waals surface area contributed by atoms with Gasteiger partial charge in [0.25, 0.3) is 0 Å². The first-order chi connectivity index (χ1) is 7.26. The lowest BCUT2D eigenvalue weighted by molar-refractivity contribution is 0.414. The van der Waals surface area contributed by atoms with Crippen molar-refractivity contribution < 1.29 is 4.74 Å². The number of benzene rings is 1. The second kappa shape index (κ2) is 4.23. The molecule has 2 N–H and O–H groups in total. The number of rotatable bonds is 3. The van der Waals surface area contributed by atoms with Crippen molar-refractivity contribution in [1.29, 1.82) is 0 Å². The van der Waals surface area contributed by atoms with Crippen LogP contribution >= 0.6 is 0 Å². The van der Waals surface area contributed by atoms with Crippen molar-refractivity contribution in [3.05, 3.63) is 29.3 Å². The van der Waals surface area contributed by atoms with Gasteiger partial charge in [0.1, 0.15) is 5.75 Å². The Kier molecular flexibility index (Phi) is 2.96. The molecule has 0 aromatic heterocycles. The molecular weight excluding hydrogens is 186 g/mol. The largest absolute Gasteiger partial charge is 0.497 e. The van der Waals surface area contributed by atoms with Gasteiger partial charge in [-0.15, -0.1) is 0 Å². The van der Waals surface area contributed by atoms with E-state index in [0.29, 0.717) is 11.8 Å². The zero-order valence-corrected chi connectivity index (χ0v) is 9.49. The quantitative estimate of drug-likeness (QED) is 0.823. The van der Waals surface area contributed by atoms with E-state index in [4.69, 9.17) is 10.5 Å². The van der Waals surface area contributed by atoms with Gasteiger partial charge in [-0.2, -0.15) is 0 Å². The molecule has 1 aliphatic rings. The Labute approximate surface area is 91.4 Å². The molecule has 2 nitrogen and oxygen atoms in total. The average molecular weight is 205 g/mol. The van der Waals surface area contributed by atoms with Crippen LogP contribution in [0.3, 0.4) is 0 Å². The summed E-state index contributed by atoms with van der Waals surface area (Å²) in [6.45, 7) is 3.07. The number of nitrogens with two attached hydrogens (primary N) is 1. The molecule has 0 spiro atoms. The lowest BCUT2D eigenvalue weighted by atomic mass is 9.98. The summed E-state index contributed by atoms with van der Waals surface area (Å²) in [4.78, 5) is 0. The zero-order chi connectivity index (χ0) is 10.8. The third-order valence-electron chi connectivity index (χ3n) is 3.42. The fourth-order valence-corrected chi connectivity index (χ4v) is 2.64. The van der Waals surface area contributed by atoms with E-state index in [-0.39, 0.29) is 0 Å². The lowest BCUT2D eigenvalue weighted by Crippen LogP contribution is -2.05. The fourth-order valence-electron chi connectivity index (χ4n) is 2.64. The SMILES string of the molecule is COc1ccc2c(c1)C(CCN)CC2C. The third-order valence-corrected chi connectivity index (χ3v) is 3.42. The first kappa shape index (κ1) is 10.5. The van der Waals surface area contributed by atoms with Crippen LogP contribution in [0.15, 0.2) is 18.2 Å². The van der Waals surface area contributed by atoms with E-state index < -0.39 is 0 Å². The molecule has 15 heavy (non-hydrogen) atoms. The molecule has 0 amide bonds. The molecule has 2 heteroatoms. The van der Waals surface area contributed by atoms with Crippen LogP contribution in [-0.2, 0) is 0 Å². The molecule has 1 aromatic rings. The molecule has 2 rings (SSSR count). The number of methoxy groups -OCH3 is 1. The second-order valence-corrected chi connectivity index (χ2v) is 4.41. The van der Waals surface area contributed by atoms with Crippen LogP contribution in [0.25, 0.3) is 0 Å². The topological polar surface area (TPSA) is 35.2 Å². The Bertz CT molecular complexity index is 348. The maximum Gasteiger partial charge on any atom is 0.119 e. The molecule has 0 fully saturated rings. The third kappa shape index (κ3) is 1.86. The van der Waals surface area contributed by atoms with E-state index in [1.165, 1.54) is 17.5 Å². The van der Waals surface area contributed by atoms with E-state index in [1.807, 2.05) is 0 Å². The Morgan fingerprint density at radius 3 is 2.87 bits per heavy atom. The standard InChI is InChI=1S/C13H19NO/c1-9-7-10(5-6-14)13-8-11(15-2)3-4-12(9)13/h3-4,8-10H,5-7,14H2,1-2H3. The maximum atomic E-state index is 5.65. The molecule has 0 saturated carbocycles. The molecule has 2 atom stereocenters. The molecule has 0 aliphatic heterocycles. The molecule has 0 radical (unpaired) electrons. The highest BCUT2D eigenvalue weighted by molar-refractivity contribution is 5.43. The minimum absolute atomic E-state index is 0.634. The van der Waals surface area contributed by atoms with Crippen LogP contribution in [0.1, 0.15) is 42.7 Å². The predicted molar refractivity (Wildman–Crippen MR) is 62.4 cm³/mol. The van der Waals surface area contributed by atoms with Crippen molar-refractivity contribution in [2.24, 2.45) is 5.73 Å². The maximum absolute atomic E-state index is 5.65. The Morgan fingerprint density at radius 1 is 1.40 bits per heavy atom. The summed E-state index contributed by atoms with van der Waals surface area (Å²) >= 11 is 0. The van der Waals surface area contributed by atoms with E-state index >= 15 is 0 Å². The van der Waals surface area contributed by atoms with Gasteiger partial charge in [-0.25, -0.2) is 0 Å². The minimum Gasteiger partial charge on any atom is -0.497 e.